The van der Waals surface area contributed by atoms with Crippen molar-refractivity contribution in [3.05, 3.63) is 40.4 Å². The summed E-state index contributed by atoms with van der Waals surface area (Å²) >= 11 is 5.50. The Morgan fingerprint density at radius 2 is 2.04 bits per heavy atom. The third-order valence-corrected chi connectivity index (χ3v) is 3.40. The van der Waals surface area contributed by atoms with Crippen LogP contribution in [0.3, 0.4) is 0 Å². The fraction of sp³-hybridized carbons (Fsp3) is 0.375. The summed E-state index contributed by atoms with van der Waals surface area (Å²) in [6, 6.07) is 3.20. The number of hydrogen-bond donors (Lipinski definition) is 1. The lowest BCUT2D eigenvalue weighted by Gasteiger charge is -2.10. The van der Waals surface area contributed by atoms with E-state index in [-0.39, 0.29) is 11.6 Å². The van der Waals surface area contributed by atoms with Crippen LogP contribution < -0.4 is 5.32 Å². The molecule has 1 amide bonds. The van der Waals surface area contributed by atoms with E-state index in [1.54, 1.807) is 6.92 Å². The maximum absolute atomic E-state index is 12.7. The van der Waals surface area contributed by atoms with E-state index in [9.17, 15) is 22.8 Å². The number of alkyl halides is 3. The van der Waals surface area contributed by atoms with Crippen molar-refractivity contribution in [1.29, 1.82) is 0 Å². The van der Waals surface area contributed by atoms with Gasteiger partial charge in [-0.25, -0.2) is 4.79 Å². The van der Waals surface area contributed by atoms with Gasteiger partial charge in [0, 0.05) is 12.1 Å². The van der Waals surface area contributed by atoms with Crippen LogP contribution in [0.15, 0.2) is 24.3 Å². The number of rotatable bonds is 6. The van der Waals surface area contributed by atoms with Crippen LogP contribution in [-0.2, 0) is 20.5 Å². The minimum absolute atomic E-state index is 0.0402. The van der Waals surface area contributed by atoms with E-state index in [2.05, 4.69) is 5.32 Å². The van der Waals surface area contributed by atoms with Crippen LogP contribution in [0.5, 0.6) is 0 Å². The molecule has 1 aromatic carbocycles. The van der Waals surface area contributed by atoms with Crippen LogP contribution in [-0.4, -0.2) is 24.5 Å². The smallest absolute Gasteiger partial charge is 0.417 e. The maximum Gasteiger partial charge on any atom is 0.417 e. The summed E-state index contributed by atoms with van der Waals surface area (Å²) in [4.78, 5) is 22.9. The van der Waals surface area contributed by atoms with E-state index in [1.165, 1.54) is 6.07 Å². The first kappa shape index (κ1) is 20.0. The Kier molecular flexibility index (Phi) is 7.28. The fourth-order valence-corrected chi connectivity index (χ4v) is 1.86. The third-order valence-electron chi connectivity index (χ3n) is 3.07. The van der Waals surface area contributed by atoms with E-state index in [4.69, 9.17) is 16.3 Å². The van der Waals surface area contributed by atoms with Gasteiger partial charge in [-0.2, -0.15) is 13.2 Å². The summed E-state index contributed by atoms with van der Waals surface area (Å²) in [5.74, 6) is -1.28. The standard InChI is InChI=1S/C16H17ClF3NO3/c1-3-10(2)21-14(22)9-24-15(23)7-5-11-4-6-13(17)12(8-11)16(18,19)20/h4-8,10H,3,9H2,1-2H3,(H,21,22)/b7-5+/t10-/m1/s1. The van der Waals surface area contributed by atoms with Gasteiger partial charge in [-0.15, -0.1) is 0 Å². The third kappa shape index (κ3) is 6.62. The lowest BCUT2D eigenvalue weighted by molar-refractivity contribution is -0.144. The Balaban J connectivity index is 2.63. The van der Waals surface area contributed by atoms with Crippen LogP contribution in [0.1, 0.15) is 31.4 Å². The molecule has 8 heteroatoms. The van der Waals surface area contributed by atoms with Gasteiger partial charge in [0.2, 0.25) is 0 Å². The number of carbonyl (C=O) groups excluding carboxylic acids is 2. The van der Waals surface area contributed by atoms with E-state index in [0.717, 1.165) is 30.7 Å². The molecule has 132 valence electrons. The van der Waals surface area contributed by atoms with Crippen molar-refractivity contribution in [2.24, 2.45) is 0 Å². The summed E-state index contributed by atoms with van der Waals surface area (Å²) in [5.41, 5.74) is -0.861. The zero-order valence-corrected chi connectivity index (χ0v) is 13.9. The topological polar surface area (TPSA) is 55.4 Å². The van der Waals surface area contributed by atoms with Crippen LogP contribution in [0.4, 0.5) is 13.2 Å². The second kappa shape index (κ2) is 8.73. The van der Waals surface area contributed by atoms with Crippen molar-refractivity contribution >= 4 is 29.6 Å². The number of amides is 1. The molecule has 0 spiro atoms. The maximum atomic E-state index is 12.7. The van der Waals surface area contributed by atoms with Gasteiger partial charge in [-0.3, -0.25) is 4.79 Å². The number of nitrogens with one attached hydrogen (secondary N) is 1. The number of esters is 1. The molecule has 1 rings (SSSR count). The Morgan fingerprint density at radius 1 is 1.38 bits per heavy atom. The van der Waals surface area contributed by atoms with Gasteiger partial charge in [0.1, 0.15) is 0 Å². The van der Waals surface area contributed by atoms with Crippen molar-refractivity contribution in [3.8, 4) is 0 Å². The molecule has 0 bridgehead atoms. The molecule has 0 saturated heterocycles. The molecule has 4 nitrogen and oxygen atoms in total. The first-order chi connectivity index (χ1) is 11.1. The highest BCUT2D eigenvalue weighted by molar-refractivity contribution is 6.31. The summed E-state index contributed by atoms with van der Waals surface area (Å²) in [5, 5.41) is 2.18. The van der Waals surface area contributed by atoms with Crippen LogP contribution in [0.2, 0.25) is 5.02 Å². The van der Waals surface area contributed by atoms with Gasteiger partial charge >= 0.3 is 12.1 Å². The van der Waals surface area contributed by atoms with Crippen molar-refractivity contribution in [2.45, 2.75) is 32.5 Å². The molecule has 1 atom stereocenters. The predicted octanol–water partition coefficient (Wildman–Crippen LogP) is 3.83. The number of carbonyl (C=O) groups is 2. The zero-order chi connectivity index (χ0) is 18.3. The van der Waals surface area contributed by atoms with E-state index < -0.39 is 35.2 Å². The predicted molar refractivity (Wildman–Crippen MR) is 84.3 cm³/mol. The Bertz CT molecular complexity index is 629. The van der Waals surface area contributed by atoms with Crippen LogP contribution in [0, 0.1) is 0 Å². The molecule has 0 aliphatic carbocycles. The zero-order valence-electron chi connectivity index (χ0n) is 13.1. The van der Waals surface area contributed by atoms with Crippen molar-refractivity contribution < 1.29 is 27.5 Å². The van der Waals surface area contributed by atoms with Gasteiger partial charge in [-0.1, -0.05) is 24.6 Å². The summed E-state index contributed by atoms with van der Waals surface area (Å²) in [7, 11) is 0. The van der Waals surface area contributed by atoms with Crippen LogP contribution in [0.25, 0.3) is 6.08 Å². The monoisotopic (exact) mass is 363 g/mol. The molecule has 0 aromatic heterocycles. The molecule has 0 unspecified atom stereocenters. The molecule has 0 aliphatic rings. The molecule has 0 radical (unpaired) electrons. The van der Waals surface area contributed by atoms with Gasteiger partial charge < -0.3 is 10.1 Å². The molecular formula is C16H17ClF3NO3. The van der Waals surface area contributed by atoms with E-state index >= 15 is 0 Å². The first-order valence-corrected chi connectivity index (χ1v) is 7.52. The van der Waals surface area contributed by atoms with E-state index in [0.29, 0.717) is 0 Å². The number of ether oxygens (including phenoxy) is 1. The minimum Gasteiger partial charge on any atom is -0.452 e. The lowest BCUT2D eigenvalue weighted by Crippen LogP contribution is -2.35. The van der Waals surface area contributed by atoms with E-state index in [1.807, 2.05) is 6.92 Å². The highest BCUT2D eigenvalue weighted by Gasteiger charge is 2.33. The number of benzene rings is 1. The first-order valence-electron chi connectivity index (χ1n) is 7.14. The molecular weight excluding hydrogens is 347 g/mol. The molecule has 0 fully saturated rings. The van der Waals surface area contributed by atoms with Gasteiger partial charge in [0.05, 0.1) is 10.6 Å². The average Bonchev–Trinajstić information content (AvgIpc) is 2.50. The Morgan fingerprint density at radius 3 is 2.62 bits per heavy atom. The lowest BCUT2D eigenvalue weighted by atomic mass is 10.1. The van der Waals surface area contributed by atoms with Gasteiger partial charge in [-0.05, 0) is 37.1 Å². The highest BCUT2D eigenvalue weighted by Crippen LogP contribution is 2.35. The second-order valence-electron chi connectivity index (χ2n) is 5.05. The largest absolute Gasteiger partial charge is 0.452 e. The van der Waals surface area contributed by atoms with Gasteiger partial charge in [0.15, 0.2) is 6.61 Å². The molecule has 1 aromatic rings. The molecule has 0 saturated carbocycles. The quantitative estimate of drug-likeness (QED) is 0.617. The Labute approximate surface area is 142 Å². The number of hydrogen-bond acceptors (Lipinski definition) is 3. The van der Waals surface area contributed by atoms with Crippen molar-refractivity contribution in [1.82, 2.24) is 5.32 Å². The minimum atomic E-state index is -4.59. The summed E-state index contributed by atoms with van der Waals surface area (Å²) in [6.45, 7) is 3.24. The molecule has 0 heterocycles. The molecule has 24 heavy (non-hydrogen) atoms. The highest BCUT2D eigenvalue weighted by atomic mass is 35.5. The Hall–Kier alpha value is -2.02. The number of halogens is 4. The van der Waals surface area contributed by atoms with Crippen molar-refractivity contribution in [2.75, 3.05) is 6.61 Å². The summed E-state index contributed by atoms with van der Waals surface area (Å²) in [6.07, 6.45) is -1.76. The molecule has 0 aliphatic heterocycles. The summed E-state index contributed by atoms with van der Waals surface area (Å²) < 4.78 is 42.9. The van der Waals surface area contributed by atoms with Crippen molar-refractivity contribution in [3.63, 3.8) is 0 Å². The SMILES string of the molecule is CC[C@@H](C)NC(=O)COC(=O)/C=C/c1ccc(Cl)c(C(F)(F)F)c1. The second-order valence-corrected chi connectivity index (χ2v) is 5.46. The fourth-order valence-electron chi connectivity index (χ4n) is 1.63. The van der Waals surface area contributed by atoms with Crippen LogP contribution >= 0.6 is 11.6 Å². The normalized spacial score (nSPS) is 12.9. The molecule has 1 N–H and O–H groups in total. The average molecular weight is 364 g/mol. The van der Waals surface area contributed by atoms with Gasteiger partial charge in [0.25, 0.3) is 5.91 Å².